The minimum absolute atomic E-state index is 0.227. The van der Waals surface area contributed by atoms with Crippen molar-refractivity contribution >= 4 is 17.0 Å². The lowest BCUT2D eigenvalue weighted by Gasteiger charge is -2.49. The van der Waals surface area contributed by atoms with E-state index in [4.69, 9.17) is 14.6 Å². The molecule has 142 valence electrons. The van der Waals surface area contributed by atoms with E-state index in [1.54, 1.807) is 16.2 Å². The van der Waals surface area contributed by atoms with Gasteiger partial charge in [-0.05, 0) is 24.4 Å². The van der Waals surface area contributed by atoms with Crippen LogP contribution in [0, 0.1) is 0 Å². The molecule has 2 aromatic rings. The van der Waals surface area contributed by atoms with E-state index < -0.39 is 0 Å². The van der Waals surface area contributed by atoms with Crippen LogP contribution >= 0.6 is 11.3 Å². The Balaban J connectivity index is 1.60. The standard InChI is InChI=1S/C21H25N3O2S/c1-3-25-18-7-4-6-15-17-14-16(19-8-5-13-27-19)22-24(17)21(26-20(15)18)9-11-23(2)12-10-21/h4-8,13,17H,3,9-12,14H2,1-2H3/p+1/t17-/m0/s1. The van der Waals surface area contributed by atoms with Crippen LogP contribution in [0.4, 0.5) is 0 Å². The summed E-state index contributed by atoms with van der Waals surface area (Å²) in [6, 6.07) is 10.8. The summed E-state index contributed by atoms with van der Waals surface area (Å²) in [6.45, 7) is 4.86. The van der Waals surface area contributed by atoms with E-state index >= 15 is 0 Å². The van der Waals surface area contributed by atoms with Crippen LogP contribution in [0.2, 0.25) is 0 Å². The molecule has 27 heavy (non-hydrogen) atoms. The molecule has 1 aromatic carbocycles. The lowest BCUT2D eigenvalue weighted by molar-refractivity contribution is -0.888. The number of para-hydroxylation sites is 1. The first-order valence-electron chi connectivity index (χ1n) is 9.87. The highest BCUT2D eigenvalue weighted by molar-refractivity contribution is 7.12. The van der Waals surface area contributed by atoms with E-state index in [2.05, 4.69) is 41.7 Å². The lowest BCUT2D eigenvalue weighted by atomic mass is 9.91. The minimum atomic E-state index is -0.358. The molecule has 3 aliphatic heterocycles. The van der Waals surface area contributed by atoms with Gasteiger partial charge < -0.3 is 14.4 Å². The number of benzene rings is 1. The normalized spacial score (nSPS) is 29.1. The molecule has 0 aliphatic carbocycles. The molecule has 1 spiro atoms. The van der Waals surface area contributed by atoms with Crippen LogP contribution in [0.1, 0.15) is 42.7 Å². The molecule has 1 saturated heterocycles. The average Bonchev–Trinajstić information content (AvgIpc) is 3.35. The Morgan fingerprint density at radius 3 is 2.89 bits per heavy atom. The van der Waals surface area contributed by atoms with Crippen LogP contribution in [0.25, 0.3) is 0 Å². The number of nitrogens with zero attached hydrogens (tertiary/aromatic N) is 2. The highest BCUT2D eigenvalue weighted by atomic mass is 32.1. The Labute approximate surface area is 164 Å². The number of piperidine rings is 1. The summed E-state index contributed by atoms with van der Waals surface area (Å²) in [5.74, 6) is 1.80. The van der Waals surface area contributed by atoms with Crippen LogP contribution in [0.15, 0.2) is 40.8 Å². The molecule has 0 saturated carbocycles. The summed E-state index contributed by atoms with van der Waals surface area (Å²) in [5.41, 5.74) is 2.02. The molecule has 0 bridgehead atoms. The van der Waals surface area contributed by atoms with Gasteiger partial charge in [0.05, 0.1) is 56.2 Å². The fourth-order valence-corrected chi connectivity index (χ4v) is 5.25. The smallest absolute Gasteiger partial charge is 0.209 e. The SMILES string of the molecule is CCOc1cccc2c1OC1(CC[NH+](C)CC1)N1N=C(c3cccs3)C[C@@H]21. The number of thiophene rings is 1. The molecule has 4 heterocycles. The second kappa shape index (κ2) is 6.53. The molecule has 0 unspecified atom stereocenters. The highest BCUT2D eigenvalue weighted by Gasteiger charge is 2.53. The van der Waals surface area contributed by atoms with Crippen molar-refractivity contribution in [3.63, 3.8) is 0 Å². The number of hydrazone groups is 1. The summed E-state index contributed by atoms with van der Waals surface area (Å²) in [6.07, 6.45) is 2.89. The van der Waals surface area contributed by atoms with Crippen molar-refractivity contribution < 1.29 is 14.4 Å². The first kappa shape index (κ1) is 17.1. The van der Waals surface area contributed by atoms with Crippen LogP contribution in [-0.4, -0.2) is 43.2 Å². The topological polar surface area (TPSA) is 38.5 Å². The predicted molar refractivity (Wildman–Crippen MR) is 107 cm³/mol. The molecule has 1 fully saturated rings. The van der Waals surface area contributed by atoms with Gasteiger partial charge in [0.2, 0.25) is 5.72 Å². The Kier molecular flexibility index (Phi) is 4.13. The molecule has 0 radical (unpaired) electrons. The lowest BCUT2D eigenvalue weighted by Crippen LogP contribution is -3.11. The van der Waals surface area contributed by atoms with Gasteiger partial charge in [0.1, 0.15) is 0 Å². The monoisotopic (exact) mass is 384 g/mol. The van der Waals surface area contributed by atoms with Gasteiger partial charge in [0, 0.05) is 12.0 Å². The number of hydrogen-bond acceptors (Lipinski definition) is 5. The molecular weight excluding hydrogens is 358 g/mol. The third-order valence-corrected chi connectivity index (χ3v) is 6.90. The molecule has 3 aliphatic rings. The quantitative estimate of drug-likeness (QED) is 0.884. The summed E-state index contributed by atoms with van der Waals surface area (Å²) in [4.78, 5) is 2.83. The predicted octanol–water partition coefficient (Wildman–Crippen LogP) is 2.70. The molecule has 1 aromatic heterocycles. The third-order valence-electron chi connectivity index (χ3n) is 5.98. The van der Waals surface area contributed by atoms with Crippen LogP contribution in [0.5, 0.6) is 11.5 Å². The zero-order chi connectivity index (χ0) is 18.4. The maximum atomic E-state index is 6.76. The molecule has 5 rings (SSSR count). The molecule has 0 amide bonds. The van der Waals surface area contributed by atoms with Crippen LogP contribution in [-0.2, 0) is 0 Å². The Morgan fingerprint density at radius 1 is 1.30 bits per heavy atom. The van der Waals surface area contributed by atoms with Crippen LogP contribution in [0.3, 0.4) is 0 Å². The number of quaternary nitrogens is 1. The van der Waals surface area contributed by atoms with Crippen molar-refractivity contribution in [2.45, 2.75) is 38.0 Å². The fourth-order valence-electron chi connectivity index (χ4n) is 4.53. The molecule has 6 heteroatoms. The number of hydrogen-bond donors (Lipinski definition) is 1. The Morgan fingerprint density at radius 2 is 2.15 bits per heavy atom. The Bertz CT molecular complexity index is 856. The average molecular weight is 385 g/mol. The van der Waals surface area contributed by atoms with E-state index in [1.807, 2.05) is 13.0 Å². The molecular formula is C21H26N3O2S+. The summed E-state index contributed by atoms with van der Waals surface area (Å²) in [7, 11) is 2.26. The highest BCUT2D eigenvalue weighted by Crippen LogP contribution is 2.52. The number of fused-ring (bicyclic) bond motifs is 4. The second-order valence-corrected chi connectivity index (χ2v) is 8.65. The van der Waals surface area contributed by atoms with Gasteiger partial charge in [-0.15, -0.1) is 11.3 Å². The van der Waals surface area contributed by atoms with Crippen molar-refractivity contribution in [3.8, 4) is 11.5 Å². The summed E-state index contributed by atoms with van der Waals surface area (Å²) < 4.78 is 12.7. The van der Waals surface area contributed by atoms with E-state index in [9.17, 15) is 0 Å². The van der Waals surface area contributed by atoms with Gasteiger partial charge in [-0.25, -0.2) is 5.01 Å². The molecule has 5 nitrogen and oxygen atoms in total. The largest absolute Gasteiger partial charge is 0.490 e. The minimum Gasteiger partial charge on any atom is -0.490 e. The van der Waals surface area contributed by atoms with Gasteiger partial charge in [-0.2, -0.15) is 5.10 Å². The third kappa shape index (κ3) is 2.74. The van der Waals surface area contributed by atoms with E-state index in [0.29, 0.717) is 6.61 Å². The van der Waals surface area contributed by atoms with Gasteiger partial charge in [0.25, 0.3) is 0 Å². The van der Waals surface area contributed by atoms with Crippen molar-refractivity contribution in [2.24, 2.45) is 5.10 Å². The van der Waals surface area contributed by atoms with Gasteiger partial charge in [0.15, 0.2) is 11.5 Å². The molecule has 1 N–H and O–H groups in total. The number of ether oxygens (including phenoxy) is 2. The summed E-state index contributed by atoms with van der Waals surface area (Å²) >= 11 is 1.77. The van der Waals surface area contributed by atoms with Crippen molar-refractivity contribution in [3.05, 3.63) is 46.2 Å². The van der Waals surface area contributed by atoms with Crippen molar-refractivity contribution in [1.82, 2.24) is 5.01 Å². The first-order valence-corrected chi connectivity index (χ1v) is 10.7. The second-order valence-electron chi connectivity index (χ2n) is 7.70. The number of likely N-dealkylation sites (tertiary alicyclic amines) is 1. The zero-order valence-corrected chi connectivity index (χ0v) is 16.7. The maximum absolute atomic E-state index is 6.76. The van der Waals surface area contributed by atoms with Crippen molar-refractivity contribution in [1.29, 1.82) is 0 Å². The Hall–Kier alpha value is -2.05. The van der Waals surface area contributed by atoms with Crippen molar-refractivity contribution in [2.75, 3.05) is 26.7 Å². The summed E-state index contributed by atoms with van der Waals surface area (Å²) in [5, 5.41) is 9.53. The van der Waals surface area contributed by atoms with Crippen LogP contribution < -0.4 is 14.4 Å². The maximum Gasteiger partial charge on any atom is 0.209 e. The van der Waals surface area contributed by atoms with Gasteiger partial charge in [-0.1, -0.05) is 18.2 Å². The van der Waals surface area contributed by atoms with Gasteiger partial charge >= 0.3 is 0 Å². The first-order chi connectivity index (χ1) is 13.2. The van der Waals surface area contributed by atoms with E-state index in [1.165, 1.54) is 16.2 Å². The number of nitrogens with one attached hydrogen (secondary N) is 1. The fraction of sp³-hybridized carbons (Fsp3) is 0.476. The molecule has 1 atom stereocenters. The zero-order valence-electron chi connectivity index (χ0n) is 15.9. The van der Waals surface area contributed by atoms with Gasteiger partial charge in [-0.3, -0.25) is 0 Å². The van der Waals surface area contributed by atoms with E-state index in [-0.39, 0.29) is 11.8 Å². The van der Waals surface area contributed by atoms with E-state index in [0.717, 1.165) is 43.9 Å². The number of rotatable bonds is 3.